The Balaban J connectivity index is 2.87. The molecule has 0 heterocycles. The van der Waals surface area contributed by atoms with E-state index in [1.54, 1.807) is 0 Å². The Labute approximate surface area is 126 Å². The molecule has 0 spiro atoms. The van der Waals surface area contributed by atoms with Crippen LogP contribution in [0, 0.1) is 0 Å². The maximum absolute atomic E-state index is 11.2. The SMILES string of the molecule is COc1ccc(C(O)C(O)CCSC(C)=O)c(C(=O)O)c1. The van der Waals surface area contributed by atoms with Gasteiger partial charge in [-0.25, -0.2) is 4.79 Å². The van der Waals surface area contributed by atoms with Crippen LogP contribution >= 0.6 is 11.8 Å². The van der Waals surface area contributed by atoms with E-state index in [0.29, 0.717) is 11.5 Å². The van der Waals surface area contributed by atoms with Gasteiger partial charge >= 0.3 is 5.97 Å². The van der Waals surface area contributed by atoms with E-state index in [9.17, 15) is 19.8 Å². The van der Waals surface area contributed by atoms with E-state index in [0.717, 1.165) is 11.8 Å². The van der Waals surface area contributed by atoms with Crippen LogP contribution in [0.1, 0.15) is 35.4 Å². The van der Waals surface area contributed by atoms with Crippen molar-refractivity contribution in [3.63, 3.8) is 0 Å². The van der Waals surface area contributed by atoms with Crippen LogP contribution in [0.4, 0.5) is 0 Å². The third kappa shape index (κ3) is 5.04. The lowest BCUT2D eigenvalue weighted by Crippen LogP contribution is -2.21. The summed E-state index contributed by atoms with van der Waals surface area (Å²) in [6.45, 7) is 1.42. The number of methoxy groups -OCH3 is 1. The molecule has 6 nitrogen and oxygen atoms in total. The van der Waals surface area contributed by atoms with Gasteiger partial charge in [-0.15, -0.1) is 0 Å². The summed E-state index contributed by atoms with van der Waals surface area (Å²) in [5, 5.41) is 29.1. The van der Waals surface area contributed by atoms with Crippen LogP contribution < -0.4 is 4.74 Å². The molecule has 0 aliphatic heterocycles. The normalized spacial score (nSPS) is 13.5. The Morgan fingerprint density at radius 2 is 2.00 bits per heavy atom. The largest absolute Gasteiger partial charge is 0.497 e. The number of hydrogen-bond acceptors (Lipinski definition) is 6. The summed E-state index contributed by atoms with van der Waals surface area (Å²) in [6, 6.07) is 4.22. The molecule has 0 radical (unpaired) electrons. The van der Waals surface area contributed by atoms with Crippen molar-refractivity contribution in [2.75, 3.05) is 12.9 Å². The summed E-state index contributed by atoms with van der Waals surface area (Å²) in [7, 11) is 1.41. The lowest BCUT2D eigenvalue weighted by Gasteiger charge is -2.20. The summed E-state index contributed by atoms with van der Waals surface area (Å²) >= 11 is 1.04. The minimum absolute atomic E-state index is 0.0765. The lowest BCUT2D eigenvalue weighted by atomic mass is 9.97. The highest BCUT2D eigenvalue weighted by molar-refractivity contribution is 8.13. The van der Waals surface area contributed by atoms with Gasteiger partial charge in [0, 0.05) is 12.7 Å². The number of ether oxygens (including phenoxy) is 1. The standard InChI is InChI=1S/C14H18O6S/c1-8(15)21-6-5-12(16)13(17)10-4-3-9(20-2)7-11(10)14(18)19/h3-4,7,12-13,16-17H,5-6H2,1-2H3,(H,18,19). The fourth-order valence-corrected chi connectivity index (χ4v) is 2.44. The fourth-order valence-electron chi connectivity index (χ4n) is 1.79. The Hall–Kier alpha value is -1.57. The smallest absolute Gasteiger partial charge is 0.336 e. The van der Waals surface area contributed by atoms with E-state index in [2.05, 4.69) is 0 Å². The average Bonchev–Trinajstić information content (AvgIpc) is 2.45. The van der Waals surface area contributed by atoms with E-state index in [1.165, 1.54) is 32.2 Å². The van der Waals surface area contributed by atoms with Gasteiger partial charge in [0.2, 0.25) is 0 Å². The topological polar surface area (TPSA) is 104 Å². The van der Waals surface area contributed by atoms with E-state index in [-0.39, 0.29) is 22.7 Å². The van der Waals surface area contributed by atoms with Crippen LogP contribution in [0.25, 0.3) is 0 Å². The molecule has 21 heavy (non-hydrogen) atoms. The van der Waals surface area contributed by atoms with Gasteiger partial charge in [0.15, 0.2) is 5.12 Å². The van der Waals surface area contributed by atoms with Crippen molar-refractivity contribution in [2.45, 2.75) is 25.6 Å². The van der Waals surface area contributed by atoms with Gasteiger partial charge in [0.05, 0.1) is 18.8 Å². The molecule has 0 bridgehead atoms. The monoisotopic (exact) mass is 314 g/mol. The number of thioether (sulfide) groups is 1. The molecule has 3 N–H and O–H groups in total. The van der Waals surface area contributed by atoms with Crippen LogP contribution in [0.2, 0.25) is 0 Å². The first-order chi connectivity index (χ1) is 9.86. The molecular weight excluding hydrogens is 296 g/mol. The molecule has 1 aromatic rings. The predicted molar refractivity (Wildman–Crippen MR) is 78.7 cm³/mol. The molecule has 7 heteroatoms. The Morgan fingerprint density at radius 1 is 1.33 bits per heavy atom. The first-order valence-corrected chi connectivity index (χ1v) is 7.26. The van der Waals surface area contributed by atoms with Crippen LogP contribution in [0.3, 0.4) is 0 Å². The van der Waals surface area contributed by atoms with Gasteiger partial charge in [-0.05, 0) is 24.1 Å². The van der Waals surface area contributed by atoms with Crippen LogP contribution in [-0.4, -0.2) is 45.4 Å². The molecule has 1 aromatic carbocycles. The minimum Gasteiger partial charge on any atom is -0.497 e. The van der Waals surface area contributed by atoms with E-state index in [1.807, 2.05) is 0 Å². The first kappa shape index (κ1) is 17.5. The zero-order valence-electron chi connectivity index (χ0n) is 11.8. The van der Waals surface area contributed by atoms with E-state index < -0.39 is 18.2 Å². The third-order valence-corrected chi connectivity index (χ3v) is 3.74. The van der Waals surface area contributed by atoms with Crippen molar-refractivity contribution < 1.29 is 29.6 Å². The van der Waals surface area contributed by atoms with Crippen molar-refractivity contribution in [3.8, 4) is 5.75 Å². The second kappa shape index (κ2) is 8.02. The van der Waals surface area contributed by atoms with Crippen molar-refractivity contribution in [3.05, 3.63) is 29.3 Å². The lowest BCUT2D eigenvalue weighted by molar-refractivity contribution is -0.109. The molecule has 0 aliphatic rings. The highest BCUT2D eigenvalue weighted by Gasteiger charge is 2.24. The Bertz CT molecular complexity index is 516. The molecule has 0 aliphatic carbocycles. The number of carbonyl (C=O) groups excluding carboxylic acids is 1. The van der Waals surface area contributed by atoms with Crippen molar-refractivity contribution in [2.24, 2.45) is 0 Å². The van der Waals surface area contributed by atoms with Gasteiger partial charge in [-0.2, -0.15) is 0 Å². The maximum atomic E-state index is 11.2. The van der Waals surface area contributed by atoms with Gasteiger partial charge in [0.25, 0.3) is 0 Å². The second-order valence-electron chi connectivity index (χ2n) is 4.40. The van der Waals surface area contributed by atoms with Gasteiger partial charge in [-0.3, -0.25) is 4.79 Å². The van der Waals surface area contributed by atoms with Crippen LogP contribution in [0.5, 0.6) is 5.75 Å². The zero-order chi connectivity index (χ0) is 16.0. The number of hydrogen-bond donors (Lipinski definition) is 3. The molecule has 0 saturated carbocycles. The second-order valence-corrected chi connectivity index (χ2v) is 5.67. The highest BCUT2D eigenvalue weighted by atomic mass is 32.2. The summed E-state index contributed by atoms with van der Waals surface area (Å²) in [5.74, 6) is -0.509. The molecule has 0 aromatic heterocycles. The number of carbonyl (C=O) groups is 2. The number of benzene rings is 1. The number of aliphatic hydroxyl groups is 2. The maximum Gasteiger partial charge on any atom is 0.336 e. The van der Waals surface area contributed by atoms with Crippen molar-refractivity contribution >= 4 is 22.8 Å². The van der Waals surface area contributed by atoms with E-state index >= 15 is 0 Å². The number of aliphatic hydroxyl groups excluding tert-OH is 2. The molecule has 2 atom stereocenters. The summed E-state index contributed by atoms with van der Waals surface area (Å²) < 4.78 is 4.94. The zero-order valence-corrected chi connectivity index (χ0v) is 12.6. The minimum atomic E-state index is -1.34. The third-order valence-electron chi connectivity index (χ3n) is 2.89. The summed E-state index contributed by atoms with van der Waals surface area (Å²) in [4.78, 5) is 22.0. The van der Waals surface area contributed by atoms with Gasteiger partial charge < -0.3 is 20.1 Å². The molecule has 2 unspecified atom stereocenters. The first-order valence-electron chi connectivity index (χ1n) is 6.27. The fraction of sp³-hybridized carbons (Fsp3) is 0.429. The van der Waals surface area contributed by atoms with Crippen LogP contribution in [-0.2, 0) is 4.79 Å². The Kier molecular flexibility index (Phi) is 6.67. The molecule has 0 fully saturated rings. The van der Waals surface area contributed by atoms with Crippen molar-refractivity contribution in [1.29, 1.82) is 0 Å². The molecule has 1 rings (SSSR count). The van der Waals surface area contributed by atoms with Gasteiger partial charge in [-0.1, -0.05) is 17.8 Å². The number of carboxylic acids is 1. The molecular formula is C14H18O6S. The highest BCUT2D eigenvalue weighted by Crippen LogP contribution is 2.27. The van der Waals surface area contributed by atoms with Gasteiger partial charge in [0.1, 0.15) is 11.9 Å². The van der Waals surface area contributed by atoms with Crippen molar-refractivity contribution in [1.82, 2.24) is 0 Å². The number of rotatable bonds is 7. The Morgan fingerprint density at radius 3 is 2.52 bits per heavy atom. The molecule has 0 amide bonds. The quantitative estimate of drug-likeness (QED) is 0.700. The summed E-state index contributed by atoms with van der Waals surface area (Å²) in [6.07, 6.45) is -2.31. The van der Waals surface area contributed by atoms with E-state index in [4.69, 9.17) is 9.84 Å². The number of carboxylic acid groups (broad SMARTS) is 1. The molecule has 0 saturated heterocycles. The predicted octanol–water partition coefficient (Wildman–Crippen LogP) is 1.46. The van der Waals surface area contributed by atoms with Crippen LogP contribution in [0.15, 0.2) is 18.2 Å². The molecule has 116 valence electrons. The average molecular weight is 314 g/mol. The number of aromatic carboxylic acids is 1. The summed E-state index contributed by atoms with van der Waals surface area (Å²) in [5.41, 5.74) is -0.0104.